The number of rotatable bonds is 9. The summed E-state index contributed by atoms with van der Waals surface area (Å²) in [4.78, 5) is 18.5. The minimum absolute atomic E-state index is 0. The normalized spacial score (nSPS) is 18.0. The number of carbonyl (C=O) groups is 1. The average Bonchev–Trinajstić information content (AvgIpc) is 3.29. The van der Waals surface area contributed by atoms with Crippen molar-refractivity contribution in [2.24, 2.45) is 4.99 Å². The Labute approximate surface area is 183 Å². The van der Waals surface area contributed by atoms with Crippen molar-refractivity contribution < 1.29 is 9.90 Å². The van der Waals surface area contributed by atoms with Gasteiger partial charge in [0.05, 0.1) is 6.54 Å². The summed E-state index contributed by atoms with van der Waals surface area (Å²) in [6, 6.07) is 2.22. The Morgan fingerprint density at radius 2 is 2.22 bits per heavy atom. The molecule has 2 atom stereocenters. The number of amides is 1. The molecule has 1 amide bonds. The molecular weight excluding hydrogens is 475 g/mol. The molecule has 0 saturated carbocycles. The highest BCUT2D eigenvalue weighted by atomic mass is 127. The van der Waals surface area contributed by atoms with Crippen LogP contribution in [0.2, 0.25) is 0 Å². The maximum Gasteiger partial charge on any atom is 0.222 e. The lowest BCUT2D eigenvalue weighted by atomic mass is 10.00. The predicted octanol–water partition coefficient (Wildman–Crippen LogP) is 2.92. The Bertz CT molecular complexity index is 593. The van der Waals surface area contributed by atoms with Crippen LogP contribution in [0.4, 0.5) is 0 Å². The summed E-state index contributed by atoms with van der Waals surface area (Å²) in [6.45, 7) is 8.62. The van der Waals surface area contributed by atoms with E-state index < -0.39 is 5.60 Å². The van der Waals surface area contributed by atoms with E-state index in [9.17, 15) is 9.90 Å². The number of aliphatic imine (C=N–C) groups is 1. The number of aliphatic hydroxyl groups is 1. The van der Waals surface area contributed by atoms with Crippen molar-refractivity contribution in [3.05, 3.63) is 22.4 Å². The third-order valence-corrected chi connectivity index (χ3v) is 5.51. The van der Waals surface area contributed by atoms with Crippen molar-refractivity contribution in [2.75, 3.05) is 26.2 Å². The number of likely N-dealkylation sites (tertiary alicyclic amines) is 1. The highest BCUT2D eigenvalue weighted by Crippen LogP contribution is 2.23. The van der Waals surface area contributed by atoms with E-state index in [0.29, 0.717) is 18.9 Å². The van der Waals surface area contributed by atoms with Gasteiger partial charge in [0.15, 0.2) is 5.96 Å². The van der Waals surface area contributed by atoms with E-state index in [4.69, 9.17) is 0 Å². The molecule has 0 bridgehead atoms. The maximum absolute atomic E-state index is 11.9. The lowest BCUT2D eigenvalue weighted by Crippen LogP contribution is -2.42. The number of halogens is 1. The van der Waals surface area contributed by atoms with Crippen LogP contribution in [0.15, 0.2) is 21.8 Å². The van der Waals surface area contributed by atoms with Crippen LogP contribution in [-0.4, -0.2) is 54.1 Å². The van der Waals surface area contributed by atoms with Crippen LogP contribution in [-0.2, 0) is 10.4 Å². The van der Waals surface area contributed by atoms with E-state index in [1.165, 1.54) is 0 Å². The maximum atomic E-state index is 11.9. The molecule has 0 spiro atoms. The highest BCUT2D eigenvalue weighted by molar-refractivity contribution is 14.0. The lowest BCUT2D eigenvalue weighted by Gasteiger charge is -2.27. The molecule has 2 heterocycles. The fourth-order valence-electron chi connectivity index (χ4n) is 3.23. The number of nitrogens with one attached hydrogen (secondary N) is 2. The SMILES string of the molecule is CCNC(=NCC(C)(O)c1ccsc1)NCCC(CC)N1CCCC1=O.I. The smallest absolute Gasteiger partial charge is 0.222 e. The quantitative estimate of drug-likeness (QED) is 0.273. The molecule has 3 N–H and O–H groups in total. The van der Waals surface area contributed by atoms with Crippen LogP contribution < -0.4 is 10.6 Å². The Morgan fingerprint density at radius 1 is 1.44 bits per heavy atom. The first kappa shape index (κ1) is 24.2. The van der Waals surface area contributed by atoms with Crippen molar-refractivity contribution in [3.8, 4) is 0 Å². The Kier molecular flexibility index (Phi) is 10.6. The highest BCUT2D eigenvalue weighted by Gasteiger charge is 2.26. The first-order chi connectivity index (χ1) is 12.5. The third kappa shape index (κ3) is 7.23. The Morgan fingerprint density at radius 3 is 2.78 bits per heavy atom. The summed E-state index contributed by atoms with van der Waals surface area (Å²) >= 11 is 1.57. The first-order valence-corrected chi connectivity index (χ1v) is 10.5. The number of carbonyl (C=O) groups excluding carboxylic acids is 1. The van der Waals surface area contributed by atoms with E-state index in [2.05, 4.69) is 22.5 Å². The Hall–Kier alpha value is -0.870. The molecule has 2 unspecified atom stereocenters. The van der Waals surface area contributed by atoms with Gasteiger partial charge in [0.2, 0.25) is 5.91 Å². The van der Waals surface area contributed by atoms with Gasteiger partial charge in [-0.05, 0) is 55.5 Å². The zero-order valence-corrected chi connectivity index (χ0v) is 19.7. The second-order valence-electron chi connectivity index (χ2n) is 6.95. The van der Waals surface area contributed by atoms with Crippen LogP contribution in [0.25, 0.3) is 0 Å². The van der Waals surface area contributed by atoms with Gasteiger partial charge >= 0.3 is 0 Å². The molecule has 1 saturated heterocycles. The number of hydrogen-bond acceptors (Lipinski definition) is 4. The molecule has 0 aliphatic carbocycles. The molecule has 1 aromatic heterocycles. The fraction of sp³-hybridized carbons (Fsp3) is 0.684. The molecule has 1 fully saturated rings. The summed E-state index contributed by atoms with van der Waals surface area (Å²) in [5.74, 6) is 0.981. The van der Waals surface area contributed by atoms with Gasteiger partial charge in [-0.1, -0.05) is 6.92 Å². The molecule has 0 aromatic carbocycles. The van der Waals surface area contributed by atoms with Gasteiger partial charge in [-0.25, -0.2) is 4.99 Å². The van der Waals surface area contributed by atoms with Crippen molar-refractivity contribution >= 4 is 47.2 Å². The summed E-state index contributed by atoms with van der Waals surface area (Å²) in [6.07, 6.45) is 3.53. The molecule has 6 nitrogen and oxygen atoms in total. The predicted molar refractivity (Wildman–Crippen MR) is 123 cm³/mol. The van der Waals surface area contributed by atoms with Crippen molar-refractivity contribution in [1.29, 1.82) is 0 Å². The third-order valence-electron chi connectivity index (χ3n) is 4.82. The van der Waals surface area contributed by atoms with Crippen LogP contribution in [0.5, 0.6) is 0 Å². The molecule has 1 aliphatic heterocycles. The van der Waals surface area contributed by atoms with E-state index in [1.807, 2.05) is 28.7 Å². The number of hydrogen-bond donors (Lipinski definition) is 3. The van der Waals surface area contributed by atoms with Gasteiger partial charge in [0.25, 0.3) is 0 Å². The number of thiophene rings is 1. The minimum atomic E-state index is -0.976. The molecule has 27 heavy (non-hydrogen) atoms. The summed E-state index contributed by atoms with van der Waals surface area (Å²) in [5, 5.41) is 21.1. The average molecular weight is 508 g/mol. The van der Waals surface area contributed by atoms with E-state index >= 15 is 0 Å². The standard InChI is InChI=1S/C19H32N4O2S.HI/c1-4-16(23-11-6-7-17(23)24)8-10-21-18(20-5-2)22-14-19(3,25)15-9-12-26-13-15;/h9,12-13,16,25H,4-8,10-11,14H2,1-3H3,(H2,20,21,22);1H. The van der Waals surface area contributed by atoms with Crippen LogP contribution >= 0.6 is 35.3 Å². The van der Waals surface area contributed by atoms with Crippen LogP contribution in [0.3, 0.4) is 0 Å². The minimum Gasteiger partial charge on any atom is -0.383 e. The number of guanidine groups is 1. The largest absolute Gasteiger partial charge is 0.383 e. The number of nitrogens with zero attached hydrogens (tertiary/aromatic N) is 2. The van der Waals surface area contributed by atoms with Crippen LogP contribution in [0.1, 0.15) is 52.0 Å². The second-order valence-corrected chi connectivity index (χ2v) is 7.73. The topological polar surface area (TPSA) is 77.0 Å². The zero-order valence-electron chi connectivity index (χ0n) is 16.5. The summed E-state index contributed by atoms with van der Waals surface area (Å²) in [7, 11) is 0. The molecule has 0 radical (unpaired) electrons. The molecule has 154 valence electrons. The van der Waals surface area contributed by atoms with Crippen molar-refractivity contribution in [2.45, 2.75) is 58.1 Å². The first-order valence-electron chi connectivity index (χ1n) is 9.54. The van der Waals surface area contributed by atoms with Gasteiger partial charge < -0.3 is 20.6 Å². The van der Waals surface area contributed by atoms with Crippen molar-refractivity contribution in [1.82, 2.24) is 15.5 Å². The van der Waals surface area contributed by atoms with Crippen molar-refractivity contribution in [3.63, 3.8) is 0 Å². The second kappa shape index (κ2) is 11.9. The molecule has 8 heteroatoms. The van der Waals surface area contributed by atoms with E-state index in [1.54, 1.807) is 18.3 Å². The zero-order chi connectivity index (χ0) is 19.0. The van der Waals surface area contributed by atoms with Gasteiger partial charge in [-0.3, -0.25) is 4.79 Å². The summed E-state index contributed by atoms with van der Waals surface area (Å²) < 4.78 is 0. The summed E-state index contributed by atoms with van der Waals surface area (Å²) in [5.41, 5.74) is -0.0864. The van der Waals surface area contributed by atoms with Gasteiger partial charge in [-0.2, -0.15) is 11.3 Å². The Balaban J connectivity index is 0.00000364. The van der Waals surface area contributed by atoms with Gasteiger partial charge in [0.1, 0.15) is 5.60 Å². The van der Waals surface area contributed by atoms with Gasteiger partial charge in [-0.15, -0.1) is 24.0 Å². The molecule has 1 aliphatic rings. The van der Waals surface area contributed by atoms with E-state index in [-0.39, 0.29) is 35.9 Å². The molecule has 1 aromatic rings. The van der Waals surface area contributed by atoms with Gasteiger partial charge in [0, 0.05) is 32.1 Å². The molecular formula is C19H33IN4O2S. The fourth-order valence-corrected chi connectivity index (χ4v) is 4.01. The van der Waals surface area contributed by atoms with Crippen LogP contribution in [0, 0.1) is 0 Å². The van der Waals surface area contributed by atoms with E-state index in [0.717, 1.165) is 44.5 Å². The molecule has 2 rings (SSSR count). The lowest BCUT2D eigenvalue weighted by molar-refractivity contribution is -0.129. The monoisotopic (exact) mass is 508 g/mol.